The molecule has 0 spiro atoms. The monoisotopic (exact) mass is 280 g/mol. The molecule has 2 rings (SSSR count). The van der Waals surface area contributed by atoms with Crippen LogP contribution in [0.5, 0.6) is 0 Å². The molecule has 0 unspecified atom stereocenters. The fourth-order valence-corrected chi connectivity index (χ4v) is 2.71. The maximum atomic E-state index is 11.5. The molecular formula is C20H24O. The van der Waals surface area contributed by atoms with Gasteiger partial charge in [-0.25, -0.2) is 0 Å². The van der Waals surface area contributed by atoms with E-state index >= 15 is 0 Å². The first-order valence-electron chi connectivity index (χ1n) is 7.91. The summed E-state index contributed by atoms with van der Waals surface area (Å²) < 4.78 is 0. The average molecular weight is 280 g/mol. The van der Waals surface area contributed by atoms with Crippen LogP contribution in [0, 0.1) is 0 Å². The number of aldehydes is 1. The number of carbonyl (C=O) groups is 1. The molecule has 110 valence electrons. The third-order valence-corrected chi connectivity index (χ3v) is 3.89. The minimum atomic E-state index is -0.156. The number of hydrogen-bond acceptors (Lipinski definition) is 1. The van der Waals surface area contributed by atoms with Crippen LogP contribution in [-0.4, -0.2) is 6.29 Å². The fraction of sp³-hybridized carbons (Fsp3) is 0.350. The van der Waals surface area contributed by atoms with E-state index in [1.165, 1.54) is 11.1 Å². The smallest absolute Gasteiger partial charge is 0.131 e. The van der Waals surface area contributed by atoms with E-state index in [0.29, 0.717) is 0 Å². The predicted octanol–water partition coefficient (Wildman–Crippen LogP) is 4.92. The van der Waals surface area contributed by atoms with E-state index in [2.05, 4.69) is 62.4 Å². The zero-order valence-electron chi connectivity index (χ0n) is 13.0. The molecule has 1 nitrogen and oxygen atoms in total. The van der Waals surface area contributed by atoms with Gasteiger partial charge in [0.15, 0.2) is 0 Å². The van der Waals surface area contributed by atoms with Gasteiger partial charge < -0.3 is 4.79 Å². The lowest BCUT2D eigenvalue weighted by atomic mass is 9.91. The fourth-order valence-electron chi connectivity index (χ4n) is 2.71. The molecule has 0 aliphatic carbocycles. The van der Waals surface area contributed by atoms with Crippen LogP contribution < -0.4 is 0 Å². The first-order chi connectivity index (χ1) is 10.3. The highest BCUT2D eigenvalue weighted by Gasteiger charge is 2.13. The van der Waals surface area contributed by atoms with Gasteiger partial charge in [-0.1, -0.05) is 75.2 Å². The number of hydrogen-bond donors (Lipinski definition) is 0. The van der Waals surface area contributed by atoms with E-state index in [1.54, 1.807) is 0 Å². The largest absolute Gasteiger partial charge is 0.302 e. The van der Waals surface area contributed by atoms with Crippen LogP contribution in [0.3, 0.4) is 0 Å². The molecule has 0 aromatic heterocycles. The lowest BCUT2D eigenvalue weighted by Crippen LogP contribution is -2.03. The van der Waals surface area contributed by atoms with Crippen molar-refractivity contribution in [1.82, 2.24) is 0 Å². The van der Waals surface area contributed by atoms with Crippen LogP contribution in [0.15, 0.2) is 48.5 Å². The summed E-state index contributed by atoms with van der Waals surface area (Å²) in [5.41, 5.74) is 4.83. The molecule has 0 fully saturated rings. The Balaban J connectivity index is 2.20. The van der Waals surface area contributed by atoms with Crippen molar-refractivity contribution in [2.24, 2.45) is 0 Å². The highest BCUT2D eigenvalue weighted by atomic mass is 16.1. The normalized spacial score (nSPS) is 10.8. The molecule has 0 amide bonds. The SMILES string of the molecule is CCCc1ccc(C(C=O)c2ccc(CCC)cc2)cc1. The summed E-state index contributed by atoms with van der Waals surface area (Å²) >= 11 is 0. The van der Waals surface area contributed by atoms with Gasteiger partial charge in [0.1, 0.15) is 6.29 Å². The number of benzene rings is 2. The summed E-state index contributed by atoms with van der Waals surface area (Å²) in [4.78, 5) is 11.5. The summed E-state index contributed by atoms with van der Waals surface area (Å²) in [6, 6.07) is 16.9. The molecule has 1 heteroatoms. The Kier molecular flexibility index (Phi) is 5.74. The van der Waals surface area contributed by atoms with Crippen LogP contribution in [0.1, 0.15) is 54.9 Å². The van der Waals surface area contributed by atoms with Crippen LogP contribution in [0.2, 0.25) is 0 Å². The van der Waals surface area contributed by atoms with E-state index in [0.717, 1.165) is 43.1 Å². The number of aryl methyl sites for hydroxylation is 2. The van der Waals surface area contributed by atoms with Gasteiger partial charge in [0.2, 0.25) is 0 Å². The lowest BCUT2D eigenvalue weighted by molar-refractivity contribution is -0.108. The Labute approximate surface area is 128 Å². The Hall–Kier alpha value is -1.89. The maximum Gasteiger partial charge on any atom is 0.131 e. The van der Waals surface area contributed by atoms with Crippen LogP contribution in [0.25, 0.3) is 0 Å². The molecule has 0 heterocycles. The first-order valence-corrected chi connectivity index (χ1v) is 7.91. The first kappa shape index (κ1) is 15.5. The zero-order valence-corrected chi connectivity index (χ0v) is 13.0. The van der Waals surface area contributed by atoms with Crippen molar-refractivity contribution in [2.45, 2.75) is 45.4 Å². The van der Waals surface area contributed by atoms with Crippen molar-refractivity contribution in [2.75, 3.05) is 0 Å². The average Bonchev–Trinajstić information content (AvgIpc) is 2.52. The highest BCUT2D eigenvalue weighted by Crippen LogP contribution is 2.24. The van der Waals surface area contributed by atoms with Gasteiger partial charge in [0.05, 0.1) is 5.92 Å². The molecule has 0 saturated carbocycles. The van der Waals surface area contributed by atoms with Gasteiger partial charge in [0, 0.05) is 0 Å². The maximum absolute atomic E-state index is 11.5. The van der Waals surface area contributed by atoms with Crippen molar-refractivity contribution in [3.8, 4) is 0 Å². The van der Waals surface area contributed by atoms with Crippen LogP contribution in [-0.2, 0) is 17.6 Å². The van der Waals surface area contributed by atoms with E-state index in [-0.39, 0.29) is 5.92 Å². The van der Waals surface area contributed by atoms with Gasteiger partial charge in [-0.05, 0) is 35.1 Å². The van der Waals surface area contributed by atoms with Crippen molar-refractivity contribution < 1.29 is 4.79 Å². The molecule has 2 aromatic carbocycles. The molecule has 21 heavy (non-hydrogen) atoms. The minimum absolute atomic E-state index is 0.156. The van der Waals surface area contributed by atoms with E-state index in [4.69, 9.17) is 0 Å². The molecule has 0 aliphatic rings. The highest BCUT2D eigenvalue weighted by molar-refractivity contribution is 5.68. The lowest BCUT2D eigenvalue weighted by Gasteiger charge is -2.12. The summed E-state index contributed by atoms with van der Waals surface area (Å²) in [6.07, 6.45) is 5.53. The molecule has 0 N–H and O–H groups in total. The Morgan fingerprint density at radius 2 is 1.14 bits per heavy atom. The molecule has 0 saturated heterocycles. The summed E-state index contributed by atoms with van der Waals surface area (Å²) in [5, 5.41) is 0. The zero-order chi connectivity index (χ0) is 15.1. The number of carbonyl (C=O) groups excluding carboxylic acids is 1. The third kappa shape index (κ3) is 4.04. The molecular weight excluding hydrogens is 256 g/mol. The Bertz CT molecular complexity index is 502. The minimum Gasteiger partial charge on any atom is -0.302 e. The van der Waals surface area contributed by atoms with Gasteiger partial charge >= 0.3 is 0 Å². The van der Waals surface area contributed by atoms with Crippen molar-refractivity contribution >= 4 is 6.29 Å². The third-order valence-electron chi connectivity index (χ3n) is 3.89. The van der Waals surface area contributed by atoms with Crippen LogP contribution in [0.4, 0.5) is 0 Å². The second-order valence-electron chi connectivity index (χ2n) is 5.60. The summed E-state index contributed by atoms with van der Waals surface area (Å²) in [6.45, 7) is 4.36. The van der Waals surface area contributed by atoms with Gasteiger partial charge in [-0.15, -0.1) is 0 Å². The Morgan fingerprint density at radius 1 is 0.762 bits per heavy atom. The number of rotatable bonds is 7. The Morgan fingerprint density at radius 3 is 1.43 bits per heavy atom. The van der Waals surface area contributed by atoms with Gasteiger partial charge in [0.25, 0.3) is 0 Å². The second kappa shape index (κ2) is 7.78. The van der Waals surface area contributed by atoms with Gasteiger partial charge in [-0.3, -0.25) is 0 Å². The quantitative estimate of drug-likeness (QED) is 0.658. The molecule has 0 radical (unpaired) electrons. The summed E-state index contributed by atoms with van der Waals surface area (Å²) in [5.74, 6) is -0.156. The van der Waals surface area contributed by atoms with Crippen molar-refractivity contribution in [1.29, 1.82) is 0 Å². The molecule has 2 aromatic rings. The van der Waals surface area contributed by atoms with E-state index < -0.39 is 0 Å². The standard InChI is InChI=1S/C20H24O/c1-3-5-16-7-11-18(12-8-16)20(15-21)19-13-9-17(6-4-2)10-14-19/h7-15,20H,3-6H2,1-2H3. The van der Waals surface area contributed by atoms with Crippen molar-refractivity contribution in [3.05, 3.63) is 70.8 Å². The predicted molar refractivity (Wildman–Crippen MR) is 88.8 cm³/mol. The molecule has 0 atom stereocenters. The summed E-state index contributed by atoms with van der Waals surface area (Å²) in [7, 11) is 0. The topological polar surface area (TPSA) is 17.1 Å². The van der Waals surface area contributed by atoms with Gasteiger partial charge in [-0.2, -0.15) is 0 Å². The van der Waals surface area contributed by atoms with E-state index in [1.807, 2.05) is 0 Å². The van der Waals surface area contributed by atoms with Crippen molar-refractivity contribution in [3.63, 3.8) is 0 Å². The molecule has 0 aliphatic heterocycles. The second-order valence-corrected chi connectivity index (χ2v) is 5.60. The van der Waals surface area contributed by atoms with E-state index in [9.17, 15) is 4.79 Å². The molecule has 0 bridgehead atoms. The van der Waals surface area contributed by atoms with Crippen LogP contribution >= 0.6 is 0 Å².